The largest absolute Gasteiger partial charge is 0.465 e. The number of carbonyl (C=O) groups is 3. The van der Waals surface area contributed by atoms with E-state index in [1.165, 1.54) is 13.2 Å². The molecule has 0 atom stereocenters. The van der Waals surface area contributed by atoms with Gasteiger partial charge >= 0.3 is 5.97 Å². The summed E-state index contributed by atoms with van der Waals surface area (Å²) in [6.07, 6.45) is 1.35. The number of carbonyl (C=O) groups excluding carboxylic acids is 3. The highest BCUT2D eigenvalue weighted by molar-refractivity contribution is 5.96. The summed E-state index contributed by atoms with van der Waals surface area (Å²) in [5.41, 5.74) is 0.815. The van der Waals surface area contributed by atoms with Crippen LogP contribution in [-0.2, 0) is 19.1 Å². The first-order valence-electron chi connectivity index (χ1n) is 7.44. The highest BCUT2D eigenvalue weighted by Gasteiger charge is 2.21. The van der Waals surface area contributed by atoms with E-state index in [9.17, 15) is 14.4 Å². The minimum atomic E-state index is -0.478. The van der Waals surface area contributed by atoms with Gasteiger partial charge in [0.25, 0.3) is 0 Å². The van der Waals surface area contributed by atoms with Crippen LogP contribution in [0.2, 0.25) is 0 Å². The Morgan fingerprint density at radius 1 is 1.26 bits per heavy atom. The maximum Gasteiger partial charge on any atom is 0.337 e. The van der Waals surface area contributed by atoms with Crippen LogP contribution in [0.5, 0.6) is 0 Å². The van der Waals surface area contributed by atoms with E-state index in [0.29, 0.717) is 37.3 Å². The molecule has 1 aromatic rings. The van der Waals surface area contributed by atoms with Crippen LogP contribution in [-0.4, -0.2) is 44.7 Å². The number of hydrogen-bond donors (Lipinski definition) is 2. The van der Waals surface area contributed by atoms with Crippen LogP contribution in [0.1, 0.15) is 23.2 Å². The molecule has 1 aliphatic rings. The third kappa shape index (κ3) is 5.07. The molecule has 124 valence electrons. The van der Waals surface area contributed by atoms with Gasteiger partial charge in [0.15, 0.2) is 0 Å². The molecule has 1 heterocycles. The van der Waals surface area contributed by atoms with Crippen molar-refractivity contribution >= 4 is 23.5 Å². The van der Waals surface area contributed by atoms with Crippen molar-refractivity contribution < 1.29 is 23.9 Å². The summed E-state index contributed by atoms with van der Waals surface area (Å²) < 4.78 is 9.82. The number of anilines is 1. The summed E-state index contributed by atoms with van der Waals surface area (Å²) >= 11 is 0. The molecule has 2 rings (SSSR count). The minimum absolute atomic E-state index is 0.0980. The van der Waals surface area contributed by atoms with Gasteiger partial charge in [0.05, 0.1) is 19.2 Å². The summed E-state index contributed by atoms with van der Waals surface area (Å²) in [5, 5.41) is 5.26. The van der Waals surface area contributed by atoms with Gasteiger partial charge in [-0.05, 0) is 31.0 Å². The molecule has 1 aliphatic heterocycles. The molecule has 2 amide bonds. The normalized spacial score (nSPS) is 14.8. The van der Waals surface area contributed by atoms with Crippen molar-refractivity contribution in [3.63, 3.8) is 0 Å². The zero-order valence-corrected chi connectivity index (χ0v) is 13.0. The average Bonchev–Trinajstić information content (AvgIpc) is 2.60. The van der Waals surface area contributed by atoms with Gasteiger partial charge in [-0.15, -0.1) is 0 Å². The summed E-state index contributed by atoms with van der Waals surface area (Å²) in [7, 11) is 1.29. The van der Waals surface area contributed by atoms with Crippen LogP contribution in [0.25, 0.3) is 0 Å². The van der Waals surface area contributed by atoms with E-state index in [0.717, 1.165) is 0 Å². The molecule has 0 aliphatic carbocycles. The molecule has 0 aromatic heterocycles. The topological polar surface area (TPSA) is 93.7 Å². The van der Waals surface area contributed by atoms with Crippen LogP contribution in [0.3, 0.4) is 0 Å². The highest BCUT2D eigenvalue weighted by atomic mass is 16.5. The first-order valence-corrected chi connectivity index (χ1v) is 7.44. The monoisotopic (exact) mass is 320 g/mol. The summed E-state index contributed by atoms with van der Waals surface area (Å²) in [6.45, 7) is 1.04. The lowest BCUT2D eigenvalue weighted by molar-refractivity contribution is -0.129. The zero-order chi connectivity index (χ0) is 16.7. The van der Waals surface area contributed by atoms with E-state index in [4.69, 9.17) is 4.74 Å². The molecule has 0 unspecified atom stereocenters. The predicted molar refractivity (Wildman–Crippen MR) is 83.0 cm³/mol. The number of esters is 1. The molecule has 0 spiro atoms. The molecule has 7 nitrogen and oxygen atoms in total. The number of benzene rings is 1. The van der Waals surface area contributed by atoms with E-state index < -0.39 is 5.97 Å². The van der Waals surface area contributed by atoms with Crippen LogP contribution in [0.4, 0.5) is 5.69 Å². The highest BCUT2D eigenvalue weighted by Crippen LogP contribution is 2.14. The maximum atomic E-state index is 11.9. The molecule has 23 heavy (non-hydrogen) atoms. The Hall–Kier alpha value is -2.41. The number of methoxy groups -OCH3 is 1. The molecule has 7 heteroatoms. The standard InChI is InChI=1S/C16H20N2O5/c1-22-16(21)12-3-2-4-13(9-12)18-14(19)10-17-15(20)11-5-7-23-8-6-11/h2-4,9,11H,5-8,10H2,1H3,(H,17,20)(H,18,19). The third-order valence-electron chi connectivity index (χ3n) is 3.58. The SMILES string of the molecule is COC(=O)c1cccc(NC(=O)CNC(=O)C2CCOCC2)c1. The maximum absolute atomic E-state index is 11.9. The Morgan fingerprint density at radius 2 is 2.00 bits per heavy atom. The third-order valence-corrected chi connectivity index (χ3v) is 3.58. The van der Waals surface area contributed by atoms with E-state index in [1.807, 2.05) is 0 Å². The van der Waals surface area contributed by atoms with Crippen molar-refractivity contribution in [1.29, 1.82) is 0 Å². The fourth-order valence-corrected chi connectivity index (χ4v) is 2.32. The fraction of sp³-hybridized carbons (Fsp3) is 0.438. The van der Waals surface area contributed by atoms with Crippen LogP contribution < -0.4 is 10.6 Å². The minimum Gasteiger partial charge on any atom is -0.465 e. The van der Waals surface area contributed by atoms with Gasteiger partial charge in [0.1, 0.15) is 0 Å². The number of ether oxygens (including phenoxy) is 2. The van der Waals surface area contributed by atoms with Gasteiger partial charge in [-0.1, -0.05) is 6.07 Å². The summed E-state index contributed by atoms with van der Waals surface area (Å²) in [6, 6.07) is 6.41. The van der Waals surface area contributed by atoms with Crippen LogP contribution in [0, 0.1) is 5.92 Å². The molecule has 1 aromatic carbocycles. The van der Waals surface area contributed by atoms with E-state index in [1.54, 1.807) is 18.2 Å². The zero-order valence-electron chi connectivity index (χ0n) is 13.0. The Kier molecular flexibility index (Phi) is 6.10. The van der Waals surface area contributed by atoms with E-state index in [-0.39, 0.29) is 24.3 Å². The van der Waals surface area contributed by atoms with Gasteiger partial charge in [0.2, 0.25) is 11.8 Å². The summed E-state index contributed by atoms with van der Waals surface area (Å²) in [5.74, 6) is -1.06. The molecule has 1 saturated heterocycles. The molecular weight excluding hydrogens is 300 g/mol. The molecule has 0 bridgehead atoms. The molecule has 2 N–H and O–H groups in total. The predicted octanol–water partition coefficient (Wildman–Crippen LogP) is 0.954. The number of nitrogens with one attached hydrogen (secondary N) is 2. The number of rotatable bonds is 5. The van der Waals surface area contributed by atoms with Crippen molar-refractivity contribution in [2.24, 2.45) is 5.92 Å². The van der Waals surface area contributed by atoms with Crippen molar-refractivity contribution in [3.8, 4) is 0 Å². The molecule has 1 fully saturated rings. The Balaban J connectivity index is 1.82. The Bertz CT molecular complexity index is 582. The van der Waals surface area contributed by atoms with Crippen molar-refractivity contribution in [3.05, 3.63) is 29.8 Å². The Labute approximate surface area is 134 Å². The van der Waals surface area contributed by atoms with Gasteiger partial charge in [0, 0.05) is 24.8 Å². The number of hydrogen-bond acceptors (Lipinski definition) is 5. The van der Waals surface area contributed by atoms with Crippen molar-refractivity contribution in [1.82, 2.24) is 5.32 Å². The average molecular weight is 320 g/mol. The lowest BCUT2D eigenvalue weighted by Crippen LogP contribution is -2.38. The first kappa shape index (κ1) is 17.0. The lowest BCUT2D eigenvalue weighted by atomic mass is 9.99. The summed E-state index contributed by atoms with van der Waals surface area (Å²) in [4.78, 5) is 35.3. The van der Waals surface area contributed by atoms with E-state index >= 15 is 0 Å². The van der Waals surface area contributed by atoms with Gasteiger partial charge < -0.3 is 20.1 Å². The lowest BCUT2D eigenvalue weighted by Gasteiger charge is -2.21. The van der Waals surface area contributed by atoms with E-state index in [2.05, 4.69) is 15.4 Å². The Morgan fingerprint density at radius 3 is 2.70 bits per heavy atom. The van der Waals surface area contributed by atoms with Gasteiger partial charge in [-0.25, -0.2) is 4.79 Å². The quantitative estimate of drug-likeness (QED) is 0.788. The van der Waals surface area contributed by atoms with Crippen molar-refractivity contribution in [2.75, 3.05) is 32.2 Å². The second-order valence-electron chi connectivity index (χ2n) is 5.23. The first-order chi connectivity index (χ1) is 11.1. The van der Waals surface area contributed by atoms with Gasteiger partial charge in [-0.3, -0.25) is 9.59 Å². The smallest absolute Gasteiger partial charge is 0.337 e. The van der Waals surface area contributed by atoms with Crippen molar-refractivity contribution in [2.45, 2.75) is 12.8 Å². The van der Waals surface area contributed by atoms with Gasteiger partial charge in [-0.2, -0.15) is 0 Å². The molecule has 0 saturated carbocycles. The van der Waals surface area contributed by atoms with Crippen LogP contribution in [0.15, 0.2) is 24.3 Å². The number of amides is 2. The molecule has 0 radical (unpaired) electrons. The fourth-order valence-electron chi connectivity index (χ4n) is 2.32. The second-order valence-corrected chi connectivity index (χ2v) is 5.23. The molecular formula is C16H20N2O5. The van der Waals surface area contributed by atoms with Crippen LogP contribution >= 0.6 is 0 Å². The second kappa shape index (κ2) is 8.28.